The number of aromatic nitrogens is 2. The van der Waals surface area contributed by atoms with Gasteiger partial charge < -0.3 is 14.5 Å². The number of aliphatic hydroxyl groups excluding tert-OH is 1. The topological polar surface area (TPSA) is 82.7 Å². The summed E-state index contributed by atoms with van der Waals surface area (Å²) in [5.41, 5.74) is 2.08. The van der Waals surface area contributed by atoms with E-state index in [0.717, 1.165) is 37.1 Å². The van der Waals surface area contributed by atoms with Gasteiger partial charge in [-0.25, -0.2) is 0 Å². The van der Waals surface area contributed by atoms with Gasteiger partial charge in [-0.2, -0.15) is 4.98 Å². The molecular weight excluding hydrogens is 344 g/mol. The van der Waals surface area contributed by atoms with Crippen molar-refractivity contribution in [1.29, 1.82) is 0 Å². The number of carbonyl (C=O) groups excluding carboxylic acids is 1. The van der Waals surface area contributed by atoms with Gasteiger partial charge in [0.1, 0.15) is 0 Å². The molecule has 0 spiro atoms. The molecule has 0 bridgehead atoms. The van der Waals surface area contributed by atoms with Crippen LogP contribution in [0.3, 0.4) is 0 Å². The van der Waals surface area contributed by atoms with Crippen LogP contribution in [0.15, 0.2) is 28.8 Å². The molecule has 2 saturated heterocycles. The molecular formula is C20H26N4O3. The van der Waals surface area contributed by atoms with Gasteiger partial charge in [0.2, 0.25) is 17.6 Å². The van der Waals surface area contributed by atoms with Crippen molar-refractivity contribution in [1.82, 2.24) is 19.9 Å². The molecule has 27 heavy (non-hydrogen) atoms. The zero-order chi connectivity index (χ0) is 19.0. The molecule has 1 aromatic heterocycles. The summed E-state index contributed by atoms with van der Waals surface area (Å²) in [7, 11) is 0. The highest BCUT2D eigenvalue weighted by Gasteiger charge is 2.40. The first kappa shape index (κ1) is 18.1. The van der Waals surface area contributed by atoms with Crippen LogP contribution < -0.4 is 0 Å². The Balaban J connectivity index is 1.51. The smallest absolute Gasteiger partial charge is 0.244 e. The van der Waals surface area contributed by atoms with Gasteiger partial charge in [-0.1, -0.05) is 28.9 Å². The molecule has 2 aromatic rings. The number of nitrogens with zero attached hydrogens (tertiary/aromatic N) is 4. The van der Waals surface area contributed by atoms with Crippen LogP contribution >= 0.6 is 0 Å². The zero-order valence-corrected chi connectivity index (χ0v) is 15.8. The molecule has 7 heteroatoms. The second-order valence-electron chi connectivity index (χ2n) is 7.67. The van der Waals surface area contributed by atoms with E-state index in [4.69, 9.17) is 4.52 Å². The summed E-state index contributed by atoms with van der Waals surface area (Å²) in [6.07, 6.45) is 2.02. The average Bonchev–Trinajstić information content (AvgIpc) is 3.28. The fraction of sp³-hybridized carbons (Fsp3) is 0.550. The number of rotatable bonds is 3. The largest absolute Gasteiger partial charge is 0.392 e. The Kier molecular flexibility index (Phi) is 4.97. The summed E-state index contributed by atoms with van der Waals surface area (Å²) in [5, 5.41) is 14.4. The van der Waals surface area contributed by atoms with E-state index >= 15 is 0 Å². The second kappa shape index (κ2) is 7.40. The molecule has 2 aliphatic rings. The highest BCUT2D eigenvalue weighted by molar-refractivity contribution is 5.73. The van der Waals surface area contributed by atoms with Crippen LogP contribution in [0.5, 0.6) is 0 Å². The number of aryl methyl sites for hydroxylation is 1. The third kappa shape index (κ3) is 3.75. The first-order chi connectivity index (χ1) is 13.0. The van der Waals surface area contributed by atoms with E-state index in [1.165, 1.54) is 0 Å². The van der Waals surface area contributed by atoms with E-state index in [-0.39, 0.29) is 11.9 Å². The Hall–Kier alpha value is -2.25. The van der Waals surface area contributed by atoms with E-state index in [1.54, 1.807) is 6.92 Å². The van der Waals surface area contributed by atoms with Crippen molar-refractivity contribution in [2.45, 2.75) is 51.3 Å². The second-order valence-corrected chi connectivity index (χ2v) is 7.67. The first-order valence-electron chi connectivity index (χ1n) is 9.61. The van der Waals surface area contributed by atoms with Crippen molar-refractivity contribution in [2.24, 2.45) is 0 Å². The molecule has 1 aromatic carbocycles. The summed E-state index contributed by atoms with van der Waals surface area (Å²) in [6, 6.07) is 8.27. The van der Waals surface area contributed by atoms with Crippen molar-refractivity contribution in [3.8, 4) is 11.4 Å². The quantitative estimate of drug-likeness (QED) is 0.892. The Morgan fingerprint density at radius 3 is 2.78 bits per heavy atom. The van der Waals surface area contributed by atoms with E-state index in [0.29, 0.717) is 30.7 Å². The van der Waals surface area contributed by atoms with Crippen molar-refractivity contribution in [3.05, 3.63) is 35.7 Å². The number of hydrogen-bond acceptors (Lipinski definition) is 6. The predicted molar refractivity (Wildman–Crippen MR) is 99.8 cm³/mol. The number of likely N-dealkylation sites (tertiary alicyclic amines) is 2. The molecule has 7 nitrogen and oxygen atoms in total. The summed E-state index contributed by atoms with van der Waals surface area (Å²) < 4.78 is 5.59. The lowest BCUT2D eigenvalue weighted by Crippen LogP contribution is -2.46. The number of piperidine rings is 1. The Labute approximate surface area is 159 Å². The maximum absolute atomic E-state index is 11.6. The maximum atomic E-state index is 11.6. The number of aliphatic hydroxyl groups is 1. The molecule has 144 valence electrons. The molecule has 0 aliphatic carbocycles. The minimum Gasteiger partial charge on any atom is -0.392 e. The van der Waals surface area contributed by atoms with Gasteiger partial charge in [0.15, 0.2) is 0 Å². The third-order valence-electron chi connectivity index (χ3n) is 5.70. The van der Waals surface area contributed by atoms with Crippen LogP contribution in [0.2, 0.25) is 0 Å². The highest BCUT2D eigenvalue weighted by atomic mass is 16.5. The third-order valence-corrected chi connectivity index (χ3v) is 5.70. The molecule has 2 atom stereocenters. The molecule has 0 saturated carbocycles. The van der Waals surface area contributed by atoms with Crippen LogP contribution in [-0.4, -0.2) is 62.7 Å². The van der Waals surface area contributed by atoms with Crippen molar-refractivity contribution >= 4 is 5.91 Å². The lowest BCUT2D eigenvalue weighted by Gasteiger charge is -2.38. The normalized spacial score (nSPS) is 24.5. The summed E-state index contributed by atoms with van der Waals surface area (Å²) in [5.74, 6) is 1.28. The van der Waals surface area contributed by atoms with Gasteiger partial charge in [-0.15, -0.1) is 0 Å². The van der Waals surface area contributed by atoms with Crippen molar-refractivity contribution < 1.29 is 14.4 Å². The van der Waals surface area contributed by atoms with Crippen LogP contribution in [0.25, 0.3) is 11.4 Å². The van der Waals surface area contributed by atoms with Crippen LogP contribution in [-0.2, 0) is 4.79 Å². The predicted octanol–water partition coefficient (Wildman–Crippen LogP) is 2.16. The Morgan fingerprint density at radius 2 is 2.07 bits per heavy atom. The van der Waals surface area contributed by atoms with Gasteiger partial charge in [-0.3, -0.25) is 9.69 Å². The SMILES string of the molecule is CC(=O)N1CCC(N2CC(O)CC2c2nc(-c3cccc(C)c3)no2)CC1. The summed E-state index contributed by atoms with van der Waals surface area (Å²) in [6.45, 7) is 5.79. The highest BCUT2D eigenvalue weighted by Crippen LogP contribution is 2.36. The fourth-order valence-electron chi connectivity index (χ4n) is 4.27. The molecule has 4 rings (SSSR count). The minimum atomic E-state index is -0.393. The summed E-state index contributed by atoms with van der Waals surface area (Å²) in [4.78, 5) is 20.4. The van der Waals surface area contributed by atoms with E-state index < -0.39 is 6.10 Å². The lowest BCUT2D eigenvalue weighted by atomic mass is 10.0. The molecule has 1 N–H and O–H groups in total. The molecule has 0 radical (unpaired) electrons. The average molecular weight is 370 g/mol. The monoisotopic (exact) mass is 370 g/mol. The van der Waals surface area contributed by atoms with E-state index in [2.05, 4.69) is 15.0 Å². The minimum absolute atomic E-state index is 0.0695. The van der Waals surface area contributed by atoms with Crippen LogP contribution in [0, 0.1) is 6.92 Å². The number of benzene rings is 1. The van der Waals surface area contributed by atoms with Gasteiger partial charge in [0.05, 0.1) is 12.1 Å². The number of carbonyl (C=O) groups is 1. The Bertz CT molecular complexity index is 813. The van der Waals surface area contributed by atoms with Crippen LogP contribution in [0.4, 0.5) is 0 Å². The Morgan fingerprint density at radius 1 is 1.30 bits per heavy atom. The van der Waals surface area contributed by atoms with Crippen LogP contribution in [0.1, 0.15) is 43.7 Å². The lowest BCUT2D eigenvalue weighted by molar-refractivity contribution is -0.130. The maximum Gasteiger partial charge on any atom is 0.244 e. The number of amides is 1. The standard InChI is InChI=1S/C20H26N4O3/c1-13-4-3-5-15(10-13)19-21-20(27-22-19)18-11-17(26)12-24(18)16-6-8-23(9-7-16)14(2)25/h3-5,10,16-18,26H,6-9,11-12H2,1-2H3. The number of β-amino-alcohol motifs (C(OH)–C–C–N with tert-alkyl or cyclic N) is 1. The van der Waals surface area contributed by atoms with Gasteiger partial charge >= 0.3 is 0 Å². The van der Waals surface area contributed by atoms with Gasteiger partial charge in [0, 0.05) is 38.2 Å². The first-order valence-corrected chi connectivity index (χ1v) is 9.61. The molecule has 2 aliphatic heterocycles. The van der Waals surface area contributed by atoms with Gasteiger partial charge in [0.25, 0.3) is 0 Å². The van der Waals surface area contributed by atoms with E-state index in [1.807, 2.05) is 36.1 Å². The van der Waals surface area contributed by atoms with E-state index in [9.17, 15) is 9.90 Å². The summed E-state index contributed by atoms with van der Waals surface area (Å²) >= 11 is 0. The fourth-order valence-corrected chi connectivity index (χ4v) is 4.27. The number of hydrogen-bond donors (Lipinski definition) is 1. The molecule has 2 unspecified atom stereocenters. The van der Waals surface area contributed by atoms with Gasteiger partial charge in [-0.05, 0) is 32.3 Å². The molecule has 3 heterocycles. The van der Waals surface area contributed by atoms with Crippen molar-refractivity contribution in [2.75, 3.05) is 19.6 Å². The van der Waals surface area contributed by atoms with Crippen molar-refractivity contribution in [3.63, 3.8) is 0 Å². The zero-order valence-electron chi connectivity index (χ0n) is 15.8. The molecule has 1 amide bonds. The molecule has 2 fully saturated rings.